The highest BCUT2D eigenvalue weighted by Gasteiger charge is 2.24. The molecule has 3 rings (SSSR count). The number of aromatic nitrogens is 2. The topological polar surface area (TPSA) is 41.0 Å². The molecule has 22 heavy (non-hydrogen) atoms. The predicted octanol–water partition coefficient (Wildman–Crippen LogP) is 3.91. The van der Waals surface area contributed by atoms with Crippen LogP contribution in [0.5, 0.6) is 0 Å². The Morgan fingerprint density at radius 1 is 1.27 bits per heavy atom. The molecule has 1 aliphatic rings. The van der Waals surface area contributed by atoms with E-state index in [-0.39, 0.29) is 0 Å². The van der Waals surface area contributed by atoms with Gasteiger partial charge in [0.05, 0.1) is 4.47 Å². The molecule has 1 atom stereocenters. The molecule has 0 aliphatic carbocycles. The van der Waals surface area contributed by atoms with Gasteiger partial charge in [-0.2, -0.15) is 0 Å². The van der Waals surface area contributed by atoms with Gasteiger partial charge in [0, 0.05) is 48.1 Å². The molecule has 0 unspecified atom stereocenters. The number of anilines is 1. The van der Waals surface area contributed by atoms with Crippen molar-refractivity contribution in [3.05, 3.63) is 50.7 Å². The van der Waals surface area contributed by atoms with Crippen molar-refractivity contribution in [2.24, 2.45) is 0 Å². The van der Waals surface area contributed by atoms with Crippen molar-refractivity contribution >= 4 is 45.1 Å². The molecule has 1 saturated heterocycles. The minimum atomic E-state index is 0.391. The number of halogens is 3. The largest absolute Gasteiger partial charge is 0.339 e. The number of nitrogens with zero attached hydrogens (tertiary/aromatic N) is 3. The number of hydrogen-bond donors (Lipinski definition) is 1. The predicted molar refractivity (Wildman–Crippen MR) is 93.7 cm³/mol. The standard InChI is InChI=1S/C15H15BrCl2N4/c16-11-7-20-15(21-8-11)22-4-3-13(9-22)19-6-10-5-12(17)1-2-14(10)18/h1-2,5,7-8,13,19H,3-4,6,9H2/t13-/m0/s1. The van der Waals surface area contributed by atoms with Crippen molar-refractivity contribution in [1.82, 2.24) is 15.3 Å². The summed E-state index contributed by atoms with van der Waals surface area (Å²) in [5, 5.41) is 4.97. The number of benzene rings is 1. The summed E-state index contributed by atoms with van der Waals surface area (Å²) in [6.07, 6.45) is 4.60. The highest BCUT2D eigenvalue weighted by molar-refractivity contribution is 9.10. The van der Waals surface area contributed by atoms with Crippen molar-refractivity contribution < 1.29 is 0 Å². The molecule has 2 aromatic rings. The molecule has 0 radical (unpaired) electrons. The van der Waals surface area contributed by atoms with Gasteiger partial charge in [-0.15, -0.1) is 0 Å². The van der Waals surface area contributed by atoms with Gasteiger partial charge in [0.15, 0.2) is 0 Å². The van der Waals surface area contributed by atoms with E-state index in [0.717, 1.165) is 40.5 Å². The van der Waals surface area contributed by atoms with Crippen molar-refractivity contribution in [2.45, 2.75) is 19.0 Å². The molecular weight excluding hydrogens is 387 g/mol. The second-order valence-electron chi connectivity index (χ2n) is 5.25. The summed E-state index contributed by atoms with van der Waals surface area (Å²) in [6, 6.07) is 5.93. The maximum absolute atomic E-state index is 6.19. The lowest BCUT2D eigenvalue weighted by molar-refractivity contribution is 0.551. The molecule has 0 amide bonds. The summed E-state index contributed by atoms with van der Waals surface area (Å²) < 4.78 is 0.890. The summed E-state index contributed by atoms with van der Waals surface area (Å²) in [5.74, 6) is 0.772. The average Bonchev–Trinajstić information content (AvgIpc) is 2.98. The molecule has 1 aromatic heterocycles. The maximum Gasteiger partial charge on any atom is 0.225 e. The van der Waals surface area contributed by atoms with Crippen LogP contribution in [0.15, 0.2) is 35.1 Å². The Bertz CT molecular complexity index is 650. The van der Waals surface area contributed by atoms with E-state index in [1.54, 1.807) is 18.5 Å². The van der Waals surface area contributed by atoms with Crippen LogP contribution in [0.4, 0.5) is 5.95 Å². The Morgan fingerprint density at radius 2 is 2.05 bits per heavy atom. The zero-order valence-corrected chi connectivity index (χ0v) is 14.9. The Labute approximate surface area is 148 Å². The summed E-state index contributed by atoms with van der Waals surface area (Å²) in [7, 11) is 0. The van der Waals surface area contributed by atoms with Crippen LogP contribution in [-0.2, 0) is 6.54 Å². The summed E-state index contributed by atoms with van der Waals surface area (Å²) in [5.41, 5.74) is 1.02. The first-order valence-electron chi connectivity index (χ1n) is 7.01. The highest BCUT2D eigenvalue weighted by Crippen LogP contribution is 2.22. The van der Waals surface area contributed by atoms with Gasteiger partial charge in [0.25, 0.3) is 0 Å². The van der Waals surface area contributed by atoms with Gasteiger partial charge in [0.1, 0.15) is 0 Å². The first-order valence-corrected chi connectivity index (χ1v) is 8.56. The molecule has 0 saturated carbocycles. The van der Waals surface area contributed by atoms with Crippen molar-refractivity contribution in [2.75, 3.05) is 18.0 Å². The van der Waals surface area contributed by atoms with Gasteiger partial charge in [-0.25, -0.2) is 9.97 Å². The summed E-state index contributed by atoms with van der Waals surface area (Å²) in [4.78, 5) is 10.9. The zero-order valence-electron chi connectivity index (χ0n) is 11.8. The van der Waals surface area contributed by atoms with Crippen LogP contribution in [0.25, 0.3) is 0 Å². The third-order valence-corrected chi connectivity index (χ3v) is 4.68. The van der Waals surface area contributed by atoms with Crippen molar-refractivity contribution in [3.63, 3.8) is 0 Å². The van der Waals surface area contributed by atoms with E-state index in [4.69, 9.17) is 23.2 Å². The molecule has 7 heteroatoms. The first kappa shape index (κ1) is 16.0. The van der Waals surface area contributed by atoms with Crippen LogP contribution in [-0.4, -0.2) is 29.1 Å². The van der Waals surface area contributed by atoms with Crippen LogP contribution in [0.1, 0.15) is 12.0 Å². The van der Waals surface area contributed by atoms with E-state index in [1.165, 1.54) is 0 Å². The average molecular weight is 402 g/mol. The number of rotatable bonds is 4. The Hall–Kier alpha value is -0.880. The molecule has 2 heterocycles. The normalized spacial score (nSPS) is 18.0. The minimum absolute atomic E-state index is 0.391. The monoisotopic (exact) mass is 400 g/mol. The van der Waals surface area contributed by atoms with Gasteiger partial charge in [0.2, 0.25) is 5.95 Å². The van der Waals surface area contributed by atoms with Crippen LogP contribution >= 0.6 is 39.1 Å². The molecule has 0 bridgehead atoms. The lowest BCUT2D eigenvalue weighted by atomic mass is 10.2. The Balaban J connectivity index is 1.57. The van der Waals surface area contributed by atoms with E-state index in [2.05, 4.69) is 36.1 Å². The lowest BCUT2D eigenvalue weighted by Gasteiger charge is -2.17. The van der Waals surface area contributed by atoms with Crippen LogP contribution < -0.4 is 10.2 Å². The molecule has 1 fully saturated rings. The van der Waals surface area contributed by atoms with Crippen molar-refractivity contribution in [3.8, 4) is 0 Å². The Kier molecular flexibility index (Phi) is 5.18. The molecule has 116 valence electrons. The van der Waals surface area contributed by atoms with Crippen molar-refractivity contribution in [1.29, 1.82) is 0 Å². The lowest BCUT2D eigenvalue weighted by Crippen LogP contribution is -2.32. The smallest absolute Gasteiger partial charge is 0.225 e. The fourth-order valence-corrected chi connectivity index (χ4v) is 3.09. The first-order chi connectivity index (χ1) is 10.6. The summed E-state index contributed by atoms with van der Waals surface area (Å²) in [6.45, 7) is 2.54. The van der Waals surface area contributed by atoms with Crippen LogP contribution in [0.3, 0.4) is 0 Å². The summed E-state index contributed by atoms with van der Waals surface area (Å²) >= 11 is 15.6. The van der Waals surface area contributed by atoms with Gasteiger partial charge < -0.3 is 10.2 Å². The van der Waals surface area contributed by atoms with E-state index < -0.39 is 0 Å². The van der Waals surface area contributed by atoms with Gasteiger partial charge in [-0.05, 0) is 46.1 Å². The van der Waals surface area contributed by atoms with Gasteiger partial charge in [-0.1, -0.05) is 23.2 Å². The van der Waals surface area contributed by atoms with E-state index >= 15 is 0 Å². The molecule has 0 spiro atoms. The minimum Gasteiger partial charge on any atom is -0.339 e. The third kappa shape index (κ3) is 3.90. The number of nitrogens with one attached hydrogen (secondary N) is 1. The fourth-order valence-electron chi connectivity index (χ4n) is 2.51. The van der Waals surface area contributed by atoms with Gasteiger partial charge in [-0.3, -0.25) is 0 Å². The molecular formula is C15H15BrCl2N4. The van der Waals surface area contributed by atoms with E-state index in [0.29, 0.717) is 17.6 Å². The van der Waals surface area contributed by atoms with E-state index in [1.807, 2.05) is 12.1 Å². The highest BCUT2D eigenvalue weighted by atomic mass is 79.9. The molecule has 1 aromatic carbocycles. The fraction of sp³-hybridized carbons (Fsp3) is 0.333. The SMILES string of the molecule is Clc1ccc(Cl)c(CN[C@H]2CCN(c3ncc(Br)cn3)C2)c1. The van der Waals surface area contributed by atoms with Crippen LogP contribution in [0, 0.1) is 0 Å². The molecule has 1 N–H and O–H groups in total. The Morgan fingerprint density at radius 3 is 2.82 bits per heavy atom. The number of hydrogen-bond acceptors (Lipinski definition) is 4. The molecule has 1 aliphatic heterocycles. The third-order valence-electron chi connectivity index (χ3n) is 3.67. The quantitative estimate of drug-likeness (QED) is 0.842. The second-order valence-corrected chi connectivity index (χ2v) is 7.01. The van der Waals surface area contributed by atoms with Gasteiger partial charge >= 0.3 is 0 Å². The van der Waals surface area contributed by atoms with E-state index in [9.17, 15) is 0 Å². The maximum atomic E-state index is 6.19. The van der Waals surface area contributed by atoms with Crippen LogP contribution in [0.2, 0.25) is 10.0 Å². The second kappa shape index (κ2) is 7.13. The molecule has 4 nitrogen and oxygen atoms in total. The zero-order chi connectivity index (χ0) is 15.5.